The molecule has 0 radical (unpaired) electrons. The van der Waals surface area contributed by atoms with Crippen molar-refractivity contribution in [3.8, 4) is 23.0 Å². The Labute approximate surface area is 186 Å². The van der Waals surface area contributed by atoms with Gasteiger partial charge in [-0.25, -0.2) is 8.42 Å². The van der Waals surface area contributed by atoms with Crippen molar-refractivity contribution < 1.29 is 12.8 Å². The molecule has 0 saturated carbocycles. The smallest absolute Gasteiger partial charge is 0.268 e. The summed E-state index contributed by atoms with van der Waals surface area (Å²) >= 11 is 0. The molecule has 1 aliphatic rings. The van der Waals surface area contributed by atoms with Crippen LogP contribution in [0.25, 0.3) is 23.0 Å². The minimum atomic E-state index is -3.63. The molecule has 3 heterocycles. The number of hydrogen-bond donors (Lipinski definition) is 0. The summed E-state index contributed by atoms with van der Waals surface area (Å²) in [6.45, 7) is 2.64. The van der Waals surface area contributed by atoms with Crippen molar-refractivity contribution in [2.45, 2.75) is 31.2 Å². The van der Waals surface area contributed by atoms with E-state index in [-0.39, 0.29) is 12.4 Å². The van der Waals surface area contributed by atoms with E-state index in [0.29, 0.717) is 29.4 Å². The van der Waals surface area contributed by atoms with Gasteiger partial charge in [0.25, 0.3) is 5.89 Å². The van der Waals surface area contributed by atoms with E-state index in [2.05, 4.69) is 15.3 Å². The molecule has 0 fully saturated rings. The lowest BCUT2D eigenvalue weighted by atomic mass is 10.1. The molecule has 8 nitrogen and oxygen atoms in total. The first kappa shape index (κ1) is 20.6. The van der Waals surface area contributed by atoms with Gasteiger partial charge in [-0.15, -0.1) is 10.2 Å². The van der Waals surface area contributed by atoms with Crippen LogP contribution in [0.1, 0.15) is 23.7 Å². The van der Waals surface area contributed by atoms with Gasteiger partial charge in [0, 0.05) is 43.4 Å². The number of fused-ring (bicyclic) bond motifs is 1. The number of nitrogens with zero attached hydrogens (tertiary/aromatic N) is 5. The number of aryl methyl sites for hydroxylation is 2. The monoisotopic (exact) mass is 449 g/mol. The number of sulfonamides is 1. The highest BCUT2D eigenvalue weighted by atomic mass is 32.2. The number of benzene rings is 2. The highest BCUT2D eigenvalue weighted by Gasteiger charge is 2.33. The van der Waals surface area contributed by atoms with Gasteiger partial charge in [0.15, 0.2) is 5.69 Å². The maximum Gasteiger partial charge on any atom is 0.268 e. The lowest BCUT2D eigenvalue weighted by molar-refractivity contribution is 0.386. The molecule has 4 aromatic rings. The Hall–Kier alpha value is -3.30. The molecular formula is C23H23N5O3S. The molecule has 0 saturated heterocycles. The quantitative estimate of drug-likeness (QED) is 0.463. The van der Waals surface area contributed by atoms with Gasteiger partial charge in [-0.05, 0) is 36.2 Å². The normalized spacial score (nSPS) is 14.4. The number of aromatic nitrogens is 4. The number of hydrogen-bond acceptors (Lipinski definition) is 6. The van der Waals surface area contributed by atoms with E-state index in [0.717, 1.165) is 28.8 Å². The van der Waals surface area contributed by atoms with E-state index in [1.807, 2.05) is 56.4 Å². The summed E-state index contributed by atoms with van der Waals surface area (Å²) in [7, 11) is -1.78. The summed E-state index contributed by atoms with van der Waals surface area (Å²) < 4.78 is 35.7. The van der Waals surface area contributed by atoms with Crippen LogP contribution in [0.2, 0.25) is 0 Å². The van der Waals surface area contributed by atoms with Crippen LogP contribution in [0.4, 0.5) is 0 Å². The van der Waals surface area contributed by atoms with Crippen molar-refractivity contribution in [2.24, 2.45) is 7.05 Å². The topological polar surface area (TPSA) is 94.1 Å². The Bertz CT molecular complexity index is 1360. The molecule has 0 bridgehead atoms. The molecule has 0 aliphatic carbocycles. The van der Waals surface area contributed by atoms with E-state index >= 15 is 0 Å². The van der Waals surface area contributed by atoms with Gasteiger partial charge in [-0.2, -0.15) is 9.40 Å². The fourth-order valence-electron chi connectivity index (χ4n) is 4.01. The highest BCUT2D eigenvalue weighted by Crippen LogP contribution is 2.32. The van der Waals surface area contributed by atoms with Crippen molar-refractivity contribution in [3.05, 3.63) is 71.4 Å². The molecule has 2 aromatic carbocycles. The molecule has 5 rings (SSSR count). The van der Waals surface area contributed by atoms with Crippen molar-refractivity contribution in [1.29, 1.82) is 0 Å². The van der Waals surface area contributed by atoms with E-state index in [1.54, 1.807) is 16.8 Å². The third-order valence-corrected chi connectivity index (χ3v) is 7.68. The fraction of sp³-hybridized carbons (Fsp3) is 0.261. The summed E-state index contributed by atoms with van der Waals surface area (Å²) in [5.74, 6) is 0.684. The summed E-state index contributed by atoms with van der Waals surface area (Å²) in [6.07, 6.45) is 1.42. The molecule has 1 aliphatic heterocycles. The SMILES string of the molecule is CCc1ccc(S(=O)(=O)N2CCc3c(c(-c4nnc(-c5ccccc5)o4)nn3C)C2)cc1. The van der Waals surface area contributed by atoms with E-state index in [9.17, 15) is 8.42 Å². The zero-order chi connectivity index (χ0) is 22.3. The fourth-order valence-corrected chi connectivity index (χ4v) is 5.42. The van der Waals surface area contributed by atoms with Crippen LogP contribution in [0, 0.1) is 0 Å². The molecule has 0 unspecified atom stereocenters. The largest absolute Gasteiger partial charge is 0.415 e. The molecule has 0 amide bonds. The lowest BCUT2D eigenvalue weighted by Gasteiger charge is -2.26. The summed E-state index contributed by atoms with van der Waals surface area (Å²) in [5, 5.41) is 12.9. The van der Waals surface area contributed by atoms with E-state index < -0.39 is 10.0 Å². The van der Waals surface area contributed by atoms with Crippen LogP contribution < -0.4 is 0 Å². The molecule has 2 aromatic heterocycles. The van der Waals surface area contributed by atoms with Crippen LogP contribution in [-0.2, 0) is 36.5 Å². The van der Waals surface area contributed by atoms with Gasteiger partial charge >= 0.3 is 0 Å². The first-order chi connectivity index (χ1) is 15.5. The van der Waals surface area contributed by atoms with Gasteiger partial charge in [0.1, 0.15) is 0 Å². The molecule has 164 valence electrons. The molecule has 0 atom stereocenters. The Kier molecular flexibility index (Phi) is 5.15. The van der Waals surface area contributed by atoms with Crippen molar-refractivity contribution in [1.82, 2.24) is 24.3 Å². The Morgan fingerprint density at radius 1 is 1.00 bits per heavy atom. The zero-order valence-corrected chi connectivity index (χ0v) is 18.7. The summed E-state index contributed by atoms with van der Waals surface area (Å²) in [4.78, 5) is 0.299. The maximum absolute atomic E-state index is 13.3. The van der Waals surface area contributed by atoms with E-state index in [4.69, 9.17) is 4.42 Å². The maximum atomic E-state index is 13.3. The second-order valence-electron chi connectivity index (χ2n) is 7.76. The van der Waals surface area contributed by atoms with Gasteiger partial charge in [0.2, 0.25) is 15.9 Å². The van der Waals surface area contributed by atoms with Crippen molar-refractivity contribution >= 4 is 10.0 Å². The molecule has 0 spiro atoms. The number of rotatable bonds is 5. The van der Waals surface area contributed by atoms with Gasteiger partial charge < -0.3 is 4.42 Å². The minimum absolute atomic E-state index is 0.208. The molecule has 0 N–H and O–H groups in total. The van der Waals surface area contributed by atoms with Gasteiger partial charge in [-0.1, -0.05) is 37.3 Å². The highest BCUT2D eigenvalue weighted by molar-refractivity contribution is 7.89. The Balaban J connectivity index is 1.48. The van der Waals surface area contributed by atoms with Crippen molar-refractivity contribution in [2.75, 3.05) is 6.54 Å². The van der Waals surface area contributed by atoms with Crippen LogP contribution in [0.3, 0.4) is 0 Å². The van der Waals surface area contributed by atoms with E-state index in [1.165, 1.54) is 4.31 Å². The lowest BCUT2D eigenvalue weighted by Crippen LogP contribution is -2.36. The van der Waals surface area contributed by atoms with Crippen LogP contribution in [0.15, 0.2) is 63.9 Å². The summed E-state index contributed by atoms with van der Waals surface area (Å²) in [6, 6.07) is 16.6. The van der Waals surface area contributed by atoms with Crippen LogP contribution in [0.5, 0.6) is 0 Å². The zero-order valence-electron chi connectivity index (χ0n) is 17.9. The van der Waals surface area contributed by atoms with Gasteiger partial charge in [-0.3, -0.25) is 4.68 Å². The molecule has 32 heavy (non-hydrogen) atoms. The average molecular weight is 450 g/mol. The minimum Gasteiger partial charge on any atom is -0.415 e. The molecular weight excluding hydrogens is 426 g/mol. The third kappa shape index (κ3) is 3.53. The average Bonchev–Trinajstić information content (AvgIpc) is 3.44. The van der Waals surface area contributed by atoms with Crippen molar-refractivity contribution in [3.63, 3.8) is 0 Å². The third-order valence-electron chi connectivity index (χ3n) is 5.82. The molecule has 9 heteroatoms. The first-order valence-electron chi connectivity index (χ1n) is 10.5. The Morgan fingerprint density at radius 2 is 1.72 bits per heavy atom. The van der Waals surface area contributed by atoms with Crippen LogP contribution in [-0.4, -0.2) is 39.2 Å². The second kappa shape index (κ2) is 7.99. The first-order valence-corrected chi connectivity index (χ1v) is 11.9. The predicted molar refractivity (Wildman–Crippen MR) is 119 cm³/mol. The standard InChI is InChI=1S/C23H23N5O3S/c1-3-16-9-11-18(12-10-16)32(29,30)28-14-13-20-19(15-28)21(26-27(20)2)23-25-24-22(31-23)17-7-5-4-6-8-17/h4-12H,3,13-15H2,1-2H3. The van der Waals surface area contributed by atoms with Crippen LogP contribution >= 0.6 is 0 Å². The second-order valence-corrected chi connectivity index (χ2v) is 9.70. The van der Waals surface area contributed by atoms with Gasteiger partial charge in [0.05, 0.1) is 4.90 Å². The predicted octanol–water partition coefficient (Wildman–Crippen LogP) is 3.45. The summed E-state index contributed by atoms with van der Waals surface area (Å²) in [5.41, 5.74) is 4.22. The Morgan fingerprint density at radius 3 is 2.44 bits per heavy atom.